The molecule has 0 radical (unpaired) electrons. The third-order valence-electron chi connectivity index (χ3n) is 3.97. The van der Waals surface area contributed by atoms with Gasteiger partial charge in [-0.15, -0.1) is 0 Å². The minimum atomic E-state index is 1.03. The van der Waals surface area contributed by atoms with Crippen LogP contribution < -0.4 is 5.32 Å². The van der Waals surface area contributed by atoms with E-state index in [1.165, 1.54) is 49.2 Å². The molecule has 0 spiro atoms. The van der Waals surface area contributed by atoms with Crippen molar-refractivity contribution in [2.75, 3.05) is 6.54 Å². The van der Waals surface area contributed by atoms with Crippen LogP contribution >= 0.6 is 0 Å². The second kappa shape index (κ2) is 5.72. The predicted molar refractivity (Wildman–Crippen MR) is 73.2 cm³/mol. The van der Waals surface area contributed by atoms with Crippen LogP contribution in [0.1, 0.15) is 49.6 Å². The summed E-state index contributed by atoms with van der Waals surface area (Å²) >= 11 is 0. The van der Waals surface area contributed by atoms with Gasteiger partial charge in [0, 0.05) is 24.5 Å². The normalized spacial score (nSPS) is 15.5. The highest BCUT2D eigenvalue weighted by molar-refractivity contribution is 5.26. The lowest BCUT2D eigenvalue weighted by Gasteiger charge is -2.07. The maximum absolute atomic E-state index is 3.58. The summed E-state index contributed by atoms with van der Waals surface area (Å²) in [6.07, 6.45) is 5.74. The maximum atomic E-state index is 3.58. The smallest absolute Gasteiger partial charge is 0.0223 e. The summed E-state index contributed by atoms with van der Waals surface area (Å²) in [4.78, 5) is 0. The molecule has 96 valence electrons. The molecule has 0 atom stereocenters. The molecule has 0 saturated heterocycles. The monoisotopic (exact) mass is 234 g/mol. The molecule has 0 bridgehead atoms. The second-order valence-corrected chi connectivity index (χ2v) is 5.40. The quantitative estimate of drug-likeness (QED) is 0.715. The highest BCUT2D eigenvalue weighted by atomic mass is 15.0. The molecule has 0 amide bonds. The number of aromatic nitrogens is 1. The zero-order valence-electron chi connectivity index (χ0n) is 11.6. The Hall–Kier alpha value is -0.760. The molecule has 2 nitrogen and oxygen atoms in total. The van der Waals surface area contributed by atoms with E-state index in [9.17, 15) is 0 Å². The van der Waals surface area contributed by atoms with Crippen molar-refractivity contribution in [2.45, 2.75) is 59.5 Å². The largest absolute Gasteiger partial charge is 0.349 e. The number of hydrogen-bond acceptors (Lipinski definition) is 1. The minimum absolute atomic E-state index is 1.03. The summed E-state index contributed by atoms with van der Waals surface area (Å²) in [5.74, 6) is 1.07. The van der Waals surface area contributed by atoms with Gasteiger partial charge < -0.3 is 9.88 Å². The lowest BCUT2D eigenvalue weighted by Crippen LogP contribution is -2.15. The molecular weight excluding hydrogens is 208 g/mol. The molecule has 1 aliphatic carbocycles. The Kier molecular flexibility index (Phi) is 4.27. The molecule has 0 unspecified atom stereocenters. The summed E-state index contributed by atoms with van der Waals surface area (Å²) in [5, 5.41) is 3.58. The van der Waals surface area contributed by atoms with Crippen LogP contribution in [0.3, 0.4) is 0 Å². The van der Waals surface area contributed by atoms with E-state index in [1.807, 2.05) is 0 Å². The Labute approximate surface area is 105 Å². The number of rotatable bonds is 7. The summed E-state index contributed by atoms with van der Waals surface area (Å²) in [6, 6.07) is 2.33. The van der Waals surface area contributed by atoms with Gasteiger partial charge in [-0.05, 0) is 57.7 Å². The van der Waals surface area contributed by atoms with Crippen molar-refractivity contribution in [1.82, 2.24) is 9.88 Å². The molecule has 1 N–H and O–H groups in total. The number of aryl methyl sites for hydroxylation is 1. The molecule has 1 heterocycles. The number of hydrogen-bond donors (Lipinski definition) is 1. The third kappa shape index (κ3) is 3.35. The molecule has 1 saturated carbocycles. The molecule has 1 aromatic heterocycles. The molecule has 0 aliphatic heterocycles. The molecular formula is C15H26N2. The van der Waals surface area contributed by atoms with Gasteiger partial charge in [-0.25, -0.2) is 0 Å². The average Bonchev–Trinajstić information content (AvgIpc) is 3.07. The first kappa shape index (κ1) is 12.7. The van der Waals surface area contributed by atoms with Gasteiger partial charge in [0.25, 0.3) is 0 Å². The molecule has 1 aliphatic rings. The van der Waals surface area contributed by atoms with Crippen LogP contribution in [0.5, 0.6) is 0 Å². The van der Waals surface area contributed by atoms with Crippen molar-refractivity contribution >= 4 is 0 Å². The number of nitrogens with zero attached hydrogens (tertiary/aromatic N) is 1. The summed E-state index contributed by atoms with van der Waals surface area (Å²) in [7, 11) is 0. The second-order valence-electron chi connectivity index (χ2n) is 5.40. The summed E-state index contributed by atoms with van der Waals surface area (Å²) < 4.78 is 2.39. The highest BCUT2D eigenvalue weighted by Crippen LogP contribution is 2.33. The molecule has 2 heteroatoms. The zero-order valence-corrected chi connectivity index (χ0v) is 11.6. The Morgan fingerprint density at radius 3 is 2.71 bits per heavy atom. The van der Waals surface area contributed by atoms with Crippen LogP contribution in [0.4, 0.5) is 0 Å². The van der Waals surface area contributed by atoms with Gasteiger partial charge in [-0.2, -0.15) is 0 Å². The van der Waals surface area contributed by atoms with Crippen LogP contribution in [-0.2, 0) is 13.1 Å². The first-order chi connectivity index (χ1) is 8.22. The van der Waals surface area contributed by atoms with Gasteiger partial charge in [0.15, 0.2) is 0 Å². The van der Waals surface area contributed by atoms with E-state index in [0.717, 1.165) is 19.0 Å². The topological polar surface area (TPSA) is 17.0 Å². The first-order valence-electron chi connectivity index (χ1n) is 7.08. The van der Waals surface area contributed by atoms with E-state index in [1.54, 1.807) is 0 Å². The van der Waals surface area contributed by atoms with Crippen molar-refractivity contribution in [3.05, 3.63) is 23.0 Å². The molecule has 2 rings (SSSR count). The average molecular weight is 234 g/mol. The van der Waals surface area contributed by atoms with Crippen molar-refractivity contribution in [1.29, 1.82) is 0 Å². The van der Waals surface area contributed by atoms with Crippen molar-refractivity contribution in [3.63, 3.8) is 0 Å². The van der Waals surface area contributed by atoms with E-state index in [0.29, 0.717) is 0 Å². The fraction of sp³-hybridized carbons (Fsp3) is 0.733. The lowest BCUT2D eigenvalue weighted by molar-refractivity contribution is 0.591. The Morgan fingerprint density at radius 2 is 2.12 bits per heavy atom. The Bertz CT molecular complexity index is 361. The van der Waals surface area contributed by atoms with Crippen molar-refractivity contribution < 1.29 is 0 Å². The fourth-order valence-corrected chi connectivity index (χ4v) is 2.68. The molecule has 1 aromatic rings. The van der Waals surface area contributed by atoms with Crippen LogP contribution in [0.2, 0.25) is 0 Å². The zero-order chi connectivity index (χ0) is 12.3. The van der Waals surface area contributed by atoms with Gasteiger partial charge >= 0.3 is 0 Å². The summed E-state index contributed by atoms with van der Waals surface area (Å²) in [6.45, 7) is 9.94. The maximum Gasteiger partial charge on any atom is 0.0223 e. The van der Waals surface area contributed by atoms with E-state index in [2.05, 4.69) is 36.7 Å². The number of nitrogens with one attached hydrogen (secondary N) is 1. The first-order valence-corrected chi connectivity index (χ1v) is 7.08. The van der Waals surface area contributed by atoms with E-state index in [4.69, 9.17) is 0 Å². The van der Waals surface area contributed by atoms with Gasteiger partial charge in [0.1, 0.15) is 0 Å². The van der Waals surface area contributed by atoms with Crippen LogP contribution in [-0.4, -0.2) is 11.1 Å². The van der Waals surface area contributed by atoms with E-state index < -0.39 is 0 Å². The van der Waals surface area contributed by atoms with Crippen LogP contribution in [0.25, 0.3) is 0 Å². The minimum Gasteiger partial charge on any atom is -0.349 e. The Morgan fingerprint density at radius 1 is 1.35 bits per heavy atom. The Balaban J connectivity index is 1.73. The van der Waals surface area contributed by atoms with Gasteiger partial charge in [0.05, 0.1) is 0 Å². The fourth-order valence-electron chi connectivity index (χ4n) is 2.68. The molecule has 1 fully saturated rings. The van der Waals surface area contributed by atoms with Gasteiger partial charge in [-0.1, -0.05) is 12.8 Å². The third-order valence-corrected chi connectivity index (χ3v) is 3.97. The van der Waals surface area contributed by atoms with Gasteiger partial charge in [0.2, 0.25) is 0 Å². The van der Waals surface area contributed by atoms with Crippen LogP contribution in [0, 0.1) is 19.8 Å². The predicted octanol–water partition coefficient (Wildman–Crippen LogP) is 3.40. The van der Waals surface area contributed by atoms with Crippen LogP contribution in [0.15, 0.2) is 6.07 Å². The van der Waals surface area contributed by atoms with E-state index >= 15 is 0 Å². The molecule has 0 aromatic carbocycles. The summed E-state index contributed by atoms with van der Waals surface area (Å²) in [5.41, 5.74) is 4.29. The SMILES string of the molecule is CCn1c(C)cc(CNCCCC2CC2)c1C. The molecule has 17 heavy (non-hydrogen) atoms. The van der Waals surface area contributed by atoms with Crippen molar-refractivity contribution in [3.8, 4) is 0 Å². The van der Waals surface area contributed by atoms with E-state index in [-0.39, 0.29) is 0 Å². The highest BCUT2D eigenvalue weighted by Gasteiger charge is 2.19. The standard InChI is InChI=1S/C15H26N2/c1-4-17-12(2)10-15(13(17)3)11-16-9-5-6-14-7-8-14/h10,14,16H,4-9,11H2,1-3H3. The lowest BCUT2D eigenvalue weighted by atomic mass is 10.2. The van der Waals surface area contributed by atoms with Gasteiger partial charge in [-0.3, -0.25) is 0 Å². The van der Waals surface area contributed by atoms with Crippen molar-refractivity contribution in [2.24, 2.45) is 5.92 Å².